The largest absolute Gasteiger partial charge is 0.508 e. The highest BCUT2D eigenvalue weighted by atomic mass is 79.9. The second kappa shape index (κ2) is 6.15. The fourth-order valence-electron chi connectivity index (χ4n) is 1.04. The molecule has 2 aromatic rings. The number of aromatic hydroxyl groups is 3. The van der Waals surface area contributed by atoms with Gasteiger partial charge in [0.1, 0.15) is 17.2 Å². The molecular weight excluding hydrogens is 284 g/mol. The van der Waals surface area contributed by atoms with Crippen molar-refractivity contribution in [1.29, 1.82) is 0 Å². The molecule has 0 aliphatic heterocycles. The molecule has 0 fully saturated rings. The first-order valence-corrected chi connectivity index (χ1v) is 5.71. The Morgan fingerprint density at radius 1 is 0.824 bits per heavy atom. The van der Waals surface area contributed by atoms with Crippen LogP contribution in [-0.2, 0) is 0 Å². The van der Waals surface area contributed by atoms with Gasteiger partial charge in [-0.2, -0.15) is 0 Å². The van der Waals surface area contributed by atoms with Crippen LogP contribution in [-0.4, -0.2) is 15.3 Å². The van der Waals surface area contributed by atoms with Gasteiger partial charge in [0, 0.05) is 10.5 Å². The van der Waals surface area contributed by atoms with Crippen LogP contribution in [0.15, 0.2) is 46.9 Å². The number of phenolic OH excluding ortho intramolecular Hbond substituents is 3. The number of rotatable bonds is 0. The molecule has 0 aliphatic carbocycles. The van der Waals surface area contributed by atoms with Crippen molar-refractivity contribution in [1.82, 2.24) is 0 Å². The third-order valence-corrected chi connectivity index (χ3v) is 2.55. The molecule has 3 nitrogen and oxygen atoms in total. The van der Waals surface area contributed by atoms with Crippen molar-refractivity contribution in [3.63, 3.8) is 0 Å². The molecular formula is C13H13BrO3. The van der Waals surface area contributed by atoms with E-state index in [-0.39, 0.29) is 11.5 Å². The van der Waals surface area contributed by atoms with Gasteiger partial charge in [-0.25, -0.2) is 0 Å². The van der Waals surface area contributed by atoms with Crippen molar-refractivity contribution >= 4 is 15.9 Å². The van der Waals surface area contributed by atoms with E-state index in [2.05, 4.69) is 15.9 Å². The number of aryl methyl sites for hydroxylation is 1. The van der Waals surface area contributed by atoms with E-state index in [1.807, 2.05) is 0 Å². The highest BCUT2D eigenvalue weighted by Gasteiger charge is 1.93. The first-order valence-electron chi connectivity index (χ1n) is 4.92. The maximum Gasteiger partial charge on any atom is 0.122 e. The normalized spacial score (nSPS) is 9.29. The lowest BCUT2D eigenvalue weighted by molar-refractivity contribution is 0.448. The lowest BCUT2D eigenvalue weighted by Crippen LogP contribution is -1.71. The standard InChI is InChI=1S/C7H8O2.C6H5BrO/c1-5-2-3-6(8)4-7(5)9;7-5-1-3-6(8)4-2-5/h2-4,8-9H,1H3;1-4,8H. The molecule has 0 unspecified atom stereocenters. The van der Waals surface area contributed by atoms with E-state index in [0.29, 0.717) is 5.75 Å². The maximum absolute atomic E-state index is 8.94. The Morgan fingerprint density at radius 3 is 1.76 bits per heavy atom. The van der Waals surface area contributed by atoms with Gasteiger partial charge in [0.15, 0.2) is 0 Å². The van der Waals surface area contributed by atoms with Crippen LogP contribution in [0.5, 0.6) is 17.2 Å². The quantitative estimate of drug-likeness (QED) is 0.696. The van der Waals surface area contributed by atoms with Gasteiger partial charge >= 0.3 is 0 Å². The van der Waals surface area contributed by atoms with Gasteiger partial charge < -0.3 is 15.3 Å². The fourth-order valence-corrected chi connectivity index (χ4v) is 1.30. The van der Waals surface area contributed by atoms with Crippen LogP contribution in [0.25, 0.3) is 0 Å². The van der Waals surface area contributed by atoms with Gasteiger partial charge in [0.2, 0.25) is 0 Å². The Bertz CT molecular complexity index is 460. The van der Waals surface area contributed by atoms with Crippen molar-refractivity contribution in [2.75, 3.05) is 0 Å². The molecule has 0 heterocycles. The SMILES string of the molecule is Cc1ccc(O)cc1O.Oc1ccc(Br)cc1. The molecule has 2 rings (SSSR count). The van der Waals surface area contributed by atoms with E-state index in [4.69, 9.17) is 15.3 Å². The Hall–Kier alpha value is -1.68. The van der Waals surface area contributed by atoms with Gasteiger partial charge in [-0.15, -0.1) is 0 Å². The summed E-state index contributed by atoms with van der Waals surface area (Å²) in [6, 6.07) is 11.3. The Balaban J connectivity index is 0.000000171. The van der Waals surface area contributed by atoms with Crippen molar-refractivity contribution in [2.45, 2.75) is 6.92 Å². The van der Waals surface area contributed by atoms with E-state index in [9.17, 15) is 0 Å². The minimum atomic E-state index is 0.0955. The van der Waals surface area contributed by atoms with Crippen molar-refractivity contribution < 1.29 is 15.3 Å². The van der Waals surface area contributed by atoms with Gasteiger partial charge in [-0.3, -0.25) is 0 Å². The van der Waals surface area contributed by atoms with E-state index < -0.39 is 0 Å². The summed E-state index contributed by atoms with van der Waals surface area (Å²) in [4.78, 5) is 0. The summed E-state index contributed by atoms with van der Waals surface area (Å²) in [7, 11) is 0. The summed E-state index contributed by atoms with van der Waals surface area (Å²) in [6.07, 6.45) is 0. The number of hydrogen-bond acceptors (Lipinski definition) is 3. The molecule has 2 aromatic carbocycles. The zero-order valence-electron chi connectivity index (χ0n) is 9.26. The lowest BCUT2D eigenvalue weighted by Gasteiger charge is -1.96. The van der Waals surface area contributed by atoms with Gasteiger partial charge in [0.25, 0.3) is 0 Å². The molecule has 0 bridgehead atoms. The van der Waals surface area contributed by atoms with Crippen LogP contribution in [0.3, 0.4) is 0 Å². The molecule has 0 saturated heterocycles. The van der Waals surface area contributed by atoms with Crippen molar-refractivity contribution in [2.24, 2.45) is 0 Å². The molecule has 0 spiro atoms. The first-order chi connectivity index (χ1) is 7.99. The molecule has 0 atom stereocenters. The minimum Gasteiger partial charge on any atom is -0.508 e. The second-order valence-corrected chi connectivity index (χ2v) is 4.36. The van der Waals surface area contributed by atoms with Crippen LogP contribution in [0.4, 0.5) is 0 Å². The van der Waals surface area contributed by atoms with Crippen molar-refractivity contribution in [3.05, 3.63) is 52.5 Å². The molecule has 0 aliphatic rings. The molecule has 0 amide bonds. The molecule has 90 valence electrons. The summed E-state index contributed by atoms with van der Waals surface area (Å²) in [5.74, 6) is 0.529. The average molecular weight is 297 g/mol. The molecule has 4 heteroatoms. The van der Waals surface area contributed by atoms with Crippen LogP contribution in [0, 0.1) is 6.92 Å². The summed E-state index contributed by atoms with van der Waals surface area (Å²) < 4.78 is 0.982. The first kappa shape index (κ1) is 13.4. The minimum absolute atomic E-state index is 0.0955. The summed E-state index contributed by atoms with van der Waals surface area (Å²) in [6.45, 7) is 1.77. The van der Waals surface area contributed by atoms with Crippen LogP contribution in [0.2, 0.25) is 0 Å². The lowest BCUT2D eigenvalue weighted by atomic mass is 10.2. The number of halogens is 1. The number of hydrogen-bond donors (Lipinski definition) is 3. The highest BCUT2D eigenvalue weighted by Crippen LogP contribution is 2.20. The summed E-state index contributed by atoms with van der Waals surface area (Å²) >= 11 is 3.23. The monoisotopic (exact) mass is 296 g/mol. The predicted octanol–water partition coefficient (Wildman–Crippen LogP) is 3.56. The van der Waals surface area contributed by atoms with E-state index in [1.54, 1.807) is 37.3 Å². The van der Waals surface area contributed by atoms with Gasteiger partial charge in [-0.05, 0) is 42.8 Å². The predicted molar refractivity (Wildman–Crippen MR) is 70.3 cm³/mol. The Labute approximate surface area is 108 Å². The van der Waals surface area contributed by atoms with E-state index >= 15 is 0 Å². The molecule has 0 aromatic heterocycles. The van der Waals surface area contributed by atoms with Gasteiger partial charge in [0.05, 0.1) is 0 Å². The highest BCUT2D eigenvalue weighted by molar-refractivity contribution is 9.10. The summed E-state index contributed by atoms with van der Waals surface area (Å²) in [5.41, 5.74) is 0.771. The van der Waals surface area contributed by atoms with E-state index in [0.717, 1.165) is 10.0 Å². The average Bonchev–Trinajstić information content (AvgIpc) is 2.29. The smallest absolute Gasteiger partial charge is 0.122 e. The third-order valence-electron chi connectivity index (χ3n) is 2.02. The zero-order valence-corrected chi connectivity index (χ0v) is 10.8. The third kappa shape index (κ3) is 4.78. The Kier molecular flexibility index (Phi) is 4.84. The molecule has 0 radical (unpaired) electrons. The number of phenols is 3. The zero-order chi connectivity index (χ0) is 12.8. The van der Waals surface area contributed by atoms with Crippen LogP contribution in [0.1, 0.15) is 5.56 Å². The number of benzene rings is 2. The van der Waals surface area contributed by atoms with E-state index in [1.165, 1.54) is 12.1 Å². The topological polar surface area (TPSA) is 60.7 Å². The maximum atomic E-state index is 8.94. The fraction of sp³-hybridized carbons (Fsp3) is 0.0769. The molecule has 17 heavy (non-hydrogen) atoms. The second-order valence-electron chi connectivity index (χ2n) is 3.45. The molecule has 3 N–H and O–H groups in total. The summed E-state index contributed by atoms with van der Waals surface area (Å²) in [5, 5.41) is 26.5. The van der Waals surface area contributed by atoms with Gasteiger partial charge in [-0.1, -0.05) is 22.0 Å². The Morgan fingerprint density at radius 2 is 1.35 bits per heavy atom. The van der Waals surface area contributed by atoms with Crippen LogP contribution >= 0.6 is 15.9 Å². The molecule has 0 saturated carbocycles. The van der Waals surface area contributed by atoms with Crippen molar-refractivity contribution in [3.8, 4) is 17.2 Å². The van der Waals surface area contributed by atoms with Crippen LogP contribution < -0.4 is 0 Å².